The van der Waals surface area contributed by atoms with Gasteiger partial charge in [-0.05, 0) is 0 Å². The number of rotatable bonds is 2. The lowest BCUT2D eigenvalue weighted by atomic mass is 10.2. The van der Waals surface area contributed by atoms with Crippen molar-refractivity contribution in [2.75, 3.05) is 13.1 Å². The number of amides is 1. The van der Waals surface area contributed by atoms with Gasteiger partial charge in [-0.3, -0.25) is 9.53 Å². The van der Waals surface area contributed by atoms with Crippen molar-refractivity contribution in [2.45, 2.75) is 12.5 Å². The van der Waals surface area contributed by atoms with Crippen molar-refractivity contribution in [3.8, 4) is 0 Å². The van der Waals surface area contributed by atoms with Crippen LogP contribution in [0, 0.1) is 0 Å². The number of carbonyl (C=O) groups excluding carboxylic acids is 1. The van der Waals surface area contributed by atoms with Gasteiger partial charge in [0.05, 0.1) is 0 Å². The van der Waals surface area contributed by atoms with E-state index in [-0.39, 0.29) is 13.1 Å². The molecule has 0 atom stereocenters. The SMILES string of the molecule is O=CN1CC(OC(F)(F)F)C1. The Labute approximate surface area is 60.7 Å². The molecule has 1 aliphatic heterocycles. The molecule has 0 N–H and O–H groups in total. The normalized spacial score (nSPS) is 19.7. The van der Waals surface area contributed by atoms with Crippen LogP contribution in [0.3, 0.4) is 0 Å². The highest BCUT2D eigenvalue weighted by molar-refractivity contribution is 5.48. The van der Waals surface area contributed by atoms with Crippen LogP contribution in [0.2, 0.25) is 0 Å². The van der Waals surface area contributed by atoms with Crippen LogP contribution < -0.4 is 0 Å². The third-order valence-electron chi connectivity index (χ3n) is 1.33. The summed E-state index contributed by atoms with van der Waals surface area (Å²) in [5.41, 5.74) is 0. The minimum atomic E-state index is -4.58. The summed E-state index contributed by atoms with van der Waals surface area (Å²) in [5.74, 6) is 0. The summed E-state index contributed by atoms with van der Waals surface area (Å²) in [6.45, 7) is 0.0615. The molecule has 1 fully saturated rings. The first kappa shape index (κ1) is 8.32. The molecule has 0 aromatic rings. The first-order chi connectivity index (χ1) is 5.01. The second-order valence-corrected chi connectivity index (χ2v) is 2.24. The largest absolute Gasteiger partial charge is 0.522 e. The number of hydrogen-bond donors (Lipinski definition) is 0. The Morgan fingerprint density at radius 1 is 1.45 bits per heavy atom. The molecule has 1 amide bonds. The van der Waals surface area contributed by atoms with E-state index in [4.69, 9.17) is 0 Å². The minimum absolute atomic E-state index is 0.0308. The maximum atomic E-state index is 11.4. The molecular formula is C5H6F3NO2. The number of hydrogen-bond acceptors (Lipinski definition) is 2. The van der Waals surface area contributed by atoms with E-state index in [1.165, 1.54) is 4.90 Å². The summed E-state index contributed by atoms with van der Waals surface area (Å²) >= 11 is 0. The van der Waals surface area contributed by atoms with Gasteiger partial charge in [-0.1, -0.05) is 0 Å². The van der Waals surface area contributed by atoms with Crippen molar-refractivity contribution in [2.24, 2.45) is 0 Å². The molecule has 0 saturated carbocycles. The van der Waals surface area contributed by atoms with Gasteiger partial charge < -0.3 is 4.90 Å². The molecule has 11 heavy (non-hydrogen) atoms. The Morgan fingerprint density at radius 3 is 2.36 bits per heavy atom. The van der Waals surface area contributed by atoms with Crippen molar-refractivity contribution in [1.82, 2.24) is 4.90 Å². The predicted octanol–water partition coefficient (Wildman–Crippen LogP) is 0.363. The zero-order valence-corrected chi connectivity index (χ0v) is 5.47. The molecule has 0 bridgehead atoms. The second kappa shape index (κ2) is 2.69. The number of carbonyl (C=O) groups is 1. The highest BCUT2D eigenvalue weighted by Gasteiger charge is 2.38. The van der Waals surface area contributed by atoms with Gasteiger partial charge in [-0.2, -0.15) is 0 Å². The molecule has 0 spiro atoms. The van der Waals surface area contributed by atoms with Crippen LogP contribution in [0.4, 0.5) is 13.2 Å². The number of halogens is 3. The maximum absolute atomic E-state index is 11.4. The fourth-order valence-corrected chi connectivity index (χ4v) is 0.819. The van der Waals surface area contributed by atoms with Gasteiger partial charge in [-0.15, -0.1) is 13.2 Å². The maximum Gasteiger partial charge on any atom is 0.522 e. The lowest BCUT2D eigenvalue weighted by Gasteiger charge is -2.35. The standard InChI is InChI=1S/C5H6F3NO2/c6-5(7,8)11-4-1-9(2-4)3-10/h3-4H,1-2H2. The molecule has 64 valence electrons. The highest BCUT2D eigenvalue weighted by Crippen LogP contribution is 2.22. The molecule has 0 aromatic carbocycles. The number of likely N-dealkylation sites (tertiary alicyclic amines) is 1. The molecule has 0 radical (unpaired) electrons. The predicted molar refractivity (Wildman–Crippen MR) is 28.6 cm³/mol. The van der Waals surface area contributed by atoms with E-state index < -0.39 is 12.5 Å². The molecule has 1 heterocycles. The number of nitrogens with zero attached hydrogens (tertiary/aromatic N) is 1. The Hall–Kier alpha value is -0.780. The van der Waals surface area contributed by atoms with Gasteiger partial charge in [-0.25, -0.2) is 0 Å². The van der Waals surface area contributed by atoms with Gasteiger partial charge in [0.25, 0.3) is 0 Å². The van der Waals surface area contributed by atoms with Crippen LogP contribution in [0.5, 0.6) is 0 Å². The Kier molecular flexibility index (Phi) is 2.03. The smallest absolute Gasteiger partial charge is 0.340 e. The van der Waals surface area contributed by atoms with E-state index >= 15 is 0 Å². The summed E-state index contributed by atoms with van der Waals surface area (Å²) in [4.78, 5) is 11.1. The van der Waals surface area contributed by atoms with E-state index in [0.717, 1.165) is 0 Å². The van der Waals surface area contributed by atoms with E-state index in [1.807, 2.05) is 0 Å². The number of ether oxygens (including phenoxy) is 1. The average molecular weight is 169 g/mol. The molecule has 1 aliphatic rings. The molecular weight excluding hydrogens is 163 g/mol. The Bertz CT molecular complexity index is 152. The van der Waals surface area contributed by atoms with Gasteiger partial charge in [0.15, 0.2) is 0 Å². The second-order valence-electron chi connectivity index (χ2n) is 2.24. The van der Waals surface area contributed by atoms with Crippen molar-refractivity contribution in [3.63, 3.8) is 0 Å². The Balaban J connectivity index is 2.18. The molecule has 1 saturated heterocycles. The Morgan fingerprint density at radius 2 is 2.00 bits per heavy atom. The van der Waals surface area contributed by atoms with Gasteiger partial charge in [0.2, 0.25) is 6.41 Å². The van der Waals surface area contributed by atoms with Crippen LogP contribution in [0.1, 0.15) is 0 Å². The van der Waals surface area contributed by atoms with Crippen LogP contribution in [-0.4, -0.2) is 36.9 Å². The van der Waals surface area contributed by atoms with Crippen LogP contribution >= 0.6 is 0 Å². The fraction of sp³-hybridized carbons (Fsp3) is 0.800. The average Bonchev–Trinajstić information content (AvgIpc) is 1.75. The molecule has 1 rings (SSSR count). The van der Waals surface area contributed by atoms with Gasteiger partial charge in [0, 0.05) is 13.1 Å². The first-order valence-electron chi connectivity index (χ1n) is 2.95. The van der Waals surface area contributed by atoms with Gasteiger partial charge >= 0.3 is 6.36 Å². The summed E-state index contributed by atoms with van der Waals surface area (Å²) in [5, 5.41) is 0. The lowest BCUT2D eigenvalue weighted by molar-refractivity contribution is -0.352. The molecule has 6 heteroatoms. The van der Waals surface area contributed by atoms with E-state index in [0.29, 0.717) is 6.41 Å². The summed E-state index contributed by atoms with van der Waals surface area (Å²) in [6, 6.07) is 0. The van der Waals surface area contributed by atoms with Crippen molar-refractivity contribution < 1.29 is 22.7 Å². The van der Waals surface area contributed by atoms with Crippen molar-refractivity contribution in [1.29, 1.82) is 0 Å². The molecule has 0 aromatic heterocycles. The zero-order chi connectivity index (χ0) is 8.48. The molecule has 0 unspecified atom stereocenters. The zero-order valence-electron chi connectivity index (χ0n) is 5.47. The summed E-state index contributed by atoms with van der Waals surface area (Å²) < 4.78 is 37.9. The van der Waals surface area contributed by atoms with E-state index in [9.17, 15) is 18.0 Å². The fourth-order valence-electron chi connectivity index (χ4n) is 0.819. The van der Waals surface area contributed by atoms with Gasteiger partial charge in [0.1, 0.15) is 6.10 Å². The van der Waals surface area contributed by atoms with E-state index in [1.54, 1.807) is 0 Å². The van der Waals surface area contributed by atoms with E-state index in [2.05, 4.69) is 4.74 Å². The third kappa shape index (κ3) is 2.38. The third-order valence-corrected chi connectivity index (χ3v) is 1.33. The summed E-state index contributed by atoms with van der Waals surface area (Å²) in [6.07, 6.45) is -4.96. The first-order valence-corrected chi connectivity index (χ1v) is 2.95. The highest BCUT2D eigenvalue weighted by atomic mass is 19.4. The topological polar surface area (TPSA) is 29.5 Å². The molecule has 3 nitrogen and oxygen atoms in total. The minimum Gasteiger partial charge on any atom is -0.340 e. The number of alkyl halides is 3. The summed E-state index contributed by atoms with van der Waals surface area (Å²) in [7, 11) is 0. The monoisotopic (exact) mass is 169 g/mol. The van der Waals surface area contributed by atoms with Crippen LogP contribution in [0.15, 0.2) is 0 Å². The van der Waals surface area contributed by atoms with Crippen LogP contribution in [-0.2, 0) is 9.53 Å². The van der Waals surface area contributed by atoms with Crippen LogP contribution in [0.25, 0.3) is 0 Å². The lowest BCUT2D eigenvalue weighted by Crippen LogP contribution is -2.52. The van der Waals surface area contributed by atoms with Crippen molar-refractivity contribution >= 4 is 6.41 Å². The molecule has 0 aliphatic carbocycles. The van der Waals surface area contributed by atoms with Crippen molar-refractivity contribution in [3.05, 3.63) is 0 Å². The quantitative estimate of drug-likeness (QED) is 0.558.